The maximum atomic E-state index is 12.0. The van der Waals surface area contributed by atoms with E-state index < -0.39 is 31.1 Å². The van der Waals surface area contributed by atoms with E-state index in [1.807, 2.05) is 0 Å². The van der Waals surface area contributed by atoms with Crippen LogP contribution in [0.25, 0.3) is 0 Å². The molecule has 1 aliphatic heterocycles. The summed E-state index contributed by atoms with van der Waals surface area (Å²) in [6, 6.07) is 6.48. The fourth-order valence-corrected chi connectivity index (χ4v) is 2.38. The minimum atomic E-state index is -4.49. The SMILES string of the molecule is O=C(CNC(=O)c1ccc(CN2CCCC2=O)cc1)NCC(F)(F)F. The third kappa shape index (κ3) is 6.09. The third-order valence-corrected chi connectivity index (χ3v) is 3.66. The average molecular weight is 357 g/mol. The van der Waals surface area contributed by atoms with Crippen LogP contribution in [0, 0.1) is 0 Å². The van der Waals surface area contributed by atoms with Crippen LogP contribution in [0.5, 0.6) is 0 Å². The summed E-state index contributed by atoms with van der Waals surface area (Å²) in [5, 5.41) is 3.92. The van der Waals surface area contributed by atoms with Gasteiger partial charge in [0.15, 0.2) is 0 Å². The number of nitrogens with one attached hydrogen (secondary N) is 2. The van der Waals surface area contributed by atoms with Gasteiger partial charge < -0.3 is 15.5 Å². The van der Waals surface area contributed by atoms with Crippen molar-refractivity contribution in [2.75, 3.05) is 19.6 Å². The van der Waals surface area contributed by atoms with E-state index in [1.54, 1.807) is 34.5 Å². The lowest BCUT2D eigenvalue weighted by Crippen LogP contribution is -2.40. The molecule has 0 radical (unpaired) electrons. The average Bonchev–Trinajstić information content (AvgIpc) is 2.95. The van der Waals surface area contributed by atoms with Crippen molar-refractivity contribution in [1.29, 1.82) is 0 Å². The lowest BCUT2D eigenvalue weighted by atomic mass is 10.1. The van der Waals surface area contributed by atoms with Gasteiger partial charge in [-0.1, -0.05) is 12.1 Å². The van der Waals surface area contributed by atoms with E-state index in [2.05, 4.69) is 5.32 Å². The molecule has 3 amide bonds. The molecule has 0 unspecified atom stereocenters. The molecule has 9 heteroatoms. The number of hydrogen-bond acceptors (Lipinski definition) is 3. The van der Waals surface area contributed by atoms with E-state index in [0.29, 0.717) is 19.5 Å². The second-order valence-corrected chi connectivity index (χ2v) is 5.69. The molecule has 1 fully saturated rings. The zero-order valence-electron chi connectivity index (χ0n) is 13.4. The Morgan fingerprint density at radius 3 is 2.36 bits per heavy atom. The second kappa shape index (κ2) is 8.00. The smallest absolute Gasteiger partial charge is 0.345 e. The quantitative estimate of drug-likeness (QED) is 0.804. The number of nitrogens with zero attached hydrogens (tertiary/aromatic N) is 1. The lowest BCUT2D eigenvalue weighted by Gasteiger charge is -2.15. The van der Waals surface area contributed by atoms with Crippen molar-refractivity contribution < 1.29 is 27.6 Å². The van der Waals surface area contributed by atoms with Gasteiger partial charge in [-0.2, -0.15) is 13.2 Å². The molecule has 136 valence electrons. The summed E-state index contributed by atoms with van der Waals surface area (Å²) in [6.07, 6.45) is -3.10. The standard InChI is InChI=1S/C16H18F3N3O3/c17-16(18,19)10-21-13(23)8-20-15(25)12-5-3-11(4-6-12)9-22-7-1-2-14(22)24/h3-6H,1-2,7-10H2,(H,20,25)(H,21,23). The molecule has 0 aromatic heterocycles. The summed E-state index contributed by atoms with van der Waals surface area (Å²) in [5.41, 5.74) is 1.15. The molecule has 2 rings (SSSR count). The minimum absolute atomic E-state index is 0.103. The molecule has 1 heterocycles. The normalized spacial score (nSPS) is 14.5. The summed E-state index contributed by atoms with van der Waals surface area (Å²) in [7, 11) is 0. The van der Waals surface area contributed by atoms with Gasteiger partial charge in [0.2, 0.25) is 11.8 Å². The molecule has 0 aliphatic carbocycles. The molecule has 25 heavy (non-hydrogen) atoms. The fraction of sp³-hybridized carbons (Fsp3) is 0.438. The maximum Gasteiger partial charge on any atom is 0.405 e. The zero-order valence-corrected chi connectivity index (χ0v) is 13.4. The Kier molecular flexibility index (Phi) is 6.00. The number of rotatable bonds is 6. The predicted octanol–water partition coefficient (Wildman–Crippen LogP) is 1.22. The summed E-state index contributed by atoms with van der Waals surface area (Å²) in [6.45, 7) is -0.792. The van der Waals surface area contributed by atoms with Crippen molar-refractivity contribution in [3.8, 4) is 0 Å². The van der Waals surface area contributed by atoms with Crippen LogP contribution in [-0.2, 0) is 16.1 Å². The summed E-state index contributed by atoms with van der Waals surface area (Å²) >= 11 is 0. The minimum Gasteiger partial charge on any atom is -0.345 e. The Bertz CT molecular complexity index is 644. The van der Waals surface area contributed by atoms with Crippen LogP contribution in [0.3, 0.4) is 0 Å². The van der Waals surface area contributed by atoms with Crippen molar-refractivity contribution in [3.05, 3.63) is 35.4 Å². The number of carbonyl (C=O) groups is 3. The Morgan fingerprint density at radius 2 is 1.80 bits per heavy atom. The molecule has 2 N–H and O–H groups in total. The van der Waals surface area contributed by atoms with Gasteiger partial charge in [0.05, 0.1) is 6.54 Å². The molecule has 0 bridgehead atoms. The van der Waals surface area contributed by atoms with E-state index in [1.165, 1.54) is 0 Å². The van der Waals surface area contributed by atoms with E-state index in [4.69, 9.17) is 0 Å². The first-order valence-corrected chi connectivity index (χ1v) is 7.73. The zero-order chi connectivity index (χ0) is 18.4. The van der Waals surface area contributed by atoms with Crippen molar-refractivity contribution in [2.24, 2.45) is 0 Å². The van der Waals surface area contributed by atoms with E-state index in [9.17, 15) is 27.6 Å². The molecule has 0 atom stereocenters. The summed E-state index contributed by atoms with van der Waals surface area (Å²) in [4.78, 5) is 36.4. The summed E-state index contributed by atoms with van der Waals surface area (Å²) < 4.78 is 35.9. The van der Waals surface area contributed by atoms with Crippen molar-refractivity contribution in [1.82, 2.24) is 15.5 Å². The number of alkyl halides is 3. The Hall–Kier alpha value is -2.58. The maximum absolute atomic E-state index is 12.0. The topological polar surface area (TPSA) is 78.5 Å². The van der Waals surface area contributed by atoms with Gasteiger partial charge in [0.25, 0.3) is 5.91 Å². The second-order valence-electron chi connectivity index (χ2n) is 5.69. The Balaban J connectivity index is 1.80. The van der Waals surface area contributed by atoms with Crippen LogP contribution in [-0.4, -0.2) is 48.4 Å². The van der Waals surface area contributed by atoms with Crippen LogP contribution in [0.1, 0.15) is 28.8 Å². The van der Waals surface area contributed by atoms with Gasteiger partial charge in [-0.25, -0.2) is 0 Å². The number of hydrogen-bond donors (Lipinski definition) is 2. The first kappa shape index (κ1) is 18.8. The van der Waals surface area contributed by atoms with E-state index >= 15 is 0 Å². The van der Waals surface area contributed by atoms with Crippen molar-refractivity contribution >= 4 is 17.7 Å². The van der Waals surface area contributed by atoms with Crippen LogP contribution < -0.4 is 10.6 Å². The molecule has 1 aromatic carbocycles. The highest BCUT2D eigenvalue weighted by molar-refractivity contribution is 5.96. The van der Waals surface area contributed by atoms with Gasteiger partial charge in [0, 0.05) is 25.1 Å². The van der Waals surface area contributed by atoms with Crippen molar-refractivity contribution in [2.45, 2.75) is 25.6 Å². The molecule has 0 saturated carbocycles. The molecular weight excluding hydrogens is 339 g/mol. The molecule has 0 spiro atoms. The highest BCUT2D eigenvalue weighted by atomic mass is 19.4. The molecular formula is C16H18F3N3O3. The van der Waals surface area contributed by atoms with Crippen molar-refractivity contribution in [3.63, 3.8) is 0 Å². The fourth-order valence-electron chi connectivity index (χ4n) is 2.38. The first-order chi connectivity index (χ1) is 11.7. The number of carbonyl (C=O) groups excluding carboxylic acids is 3. The van der Waals surface area contributed by atoms with E-state index in [-0.39, 0.29) is 11.5 Å². The number of amides is 3. The molecule has 1 aromatic rings. The van der Waals surface area contributed by atoms with Crippen LogP contribution in [0.2, 0.25) is 0 Å². The largest absolute Gasteiger partial charge is 0.405 e. The lowest BCUT2D eigenvalue weighted by molar-refractivity contribution is -0.137. The van der Waals surface area contributed by atoms with Gasteiger partial charge in [-0.15, -0.1) is 0 Å². The predicted molar refractivity (Wildman–Crippen MR) is 82.5 cm³/mol. The monoisotopic (exact) mass is 357 g/mol. The number of likely N-dealkylation sites (tertiary alicyclic amines) is 1. The van der Waals surface area contributed by atoms with Crippen LogP contribution in [0.4, 0.5) is 13.2 Å². The Morgan fingerprint density at radius 1 is 1.12 bits per heavy atom. The number of halogens is 3. The Labute approximate surface area is 142 Å². The summed E-state index contributed by atoms with van der Waals surface area (Å²) in [5.74, 6) is -1.38. The van der Waals surface area contributed by atoms with Gasteiger partial charge in [0.1, 0.15) is 6.54 Å². The molecule has 1 saturated heterocycles. The van der Waals surface area contributed by atoms with Crippen LogP contribution in [0.15, 0.2) is 24.3 Å². The molecule has 6 nitrogen and oxygen atoms in total. The van der Waals surface area contributed by atoms with Gasteiger partial charge in [-0.05, 0) is 24.1 Å². The van der Waals surface area contributed by atoms with Crippen LogP contribution >= 0.6 is 0 Å². The molecule has 1 aliphatic rings. The number of benzene rings is 1. The van der Waals surface area contributed by atoms with E-state index in [0.717, 1.165) is 12.0 Å². The highest BCUT2D eigenvalue weighted by Gasteiger charge is 2.27. The third-order valence-electron chi connectivity index (χ3n) is 3.66. The highest BCUT2D eigenvalue weighted by Crippen LogP contribution is 2.15. The van der Waals surface area contributed by atoms with Gasteiger partial charge in [-0.3, -0.25) is 14.4 Å². The van der Waals surface area contributed by atoms with Gasteiger partial charge >= 0.3 is 6.18 Å². The first-order valence-electron chi connectivity index (χ1n) is 7.73.